The van der Waals surface area contributed by atoms with E-state index in [-0.39, 0.29) is 5.91 Å². The van der Waals surface area contributed by atoms with Crippen molar-refractivity contribution in [2.24, 2.45) is 0 Å². The van der Waals surface area contributed by atoms with E-state index in [1.807, 2.05) is 42.5 Å². The van der Waals surface area contributed by atoms with Gasteiger partial charge in [0.25, 0.3) is 0 Å². The number of nitrogens with zero attached hydrogens (tertiary/aromatic N) is 1. The standard InChI is InChI=1S/C16H15N3O2/c1-10(20)17-12-5-3-4-11(8-12)16-14-9-13(21-2)6-7-15(14)18-19-16/h3-9H,1-2H3,(H,17,20)(H,18,19). The number of anilines is 1. The highest BCUT2D eigenvalue weighted by molar-refractivity contribution is 5.95. The Morgan fingerprint density at radius 3 is 2.86 bits per heavy atom. The number of aromatic amines is 1. The van der Waals surface area contributed by atoms with Gasteiger partial charge in [0.2, 0.25) is 5.91 Å². The molecule has 0 aliphatic heterocycles. The van der Waals surface area contributed by atoms with E-state index in [1.54, 1.807) is 7.11 Å². The molecule has 0 radical (unpaired) electrons. The first-order valence-corrected chi connectivity index (χ1v) is 6.57. The number of amides is 1. The van der Waals surface area contributed by atoms with Gasteiger partial charge in [0.05, 0.1) is 12.6 Å². The van der Waals surface area contributed by atoms with Gasteiger partial charge in [-0.05, 0) is 30.3 Å². The van der Waals surface area contributed by atoms with Gasteiger partial charge in [-0.1, -0.05) is 12.1 Å². The van der Waals surface area contributed by atoms with Crippen molar-refractivity contribution in [3.63, 3.8) is 0 Å². The molecule has 3 aromatic rings. The van der Waals surface area contributed by atoms with Gasteiger partial charge >= 0.3 is 0 Å². The fraction of sp³-hybridized carbons (Fsp3) is 0.125. The van der Waals surface area contributed by atoms with Crippen molar-refractivity contribution in [2.45, 2.75) is 6.92 Å². The Hall–Kier alpha value is -2.82. The number of fused-ring (bicyclic) bond motifs is 1. The molecule has 5 nitrogen and oxygen atoms in total. The maximum absolute atomic E-state index is 11.2. The summed E-state index contributed by atoms with van der Waals surface area (Å²) in [5, 5.41) is 11.1. The summed E-state index contributed by atoms with van der Waals surface area (Å²) < 4.78 is 5.26. The molecule has 0 spiro atoms. The van der Waals surface area contributed by atoms with E-state index in [0.717, 1.165) is 33.6 Å². The number of carbonyl (C=O) groups excluding carboxylic acids is 1. The van der Waals surface area contributed by atoms with Gasteiger partial charge in [0, 0.05) is 23.6 Å². The second-order valence-corrected chi connectivity index (χ2v) is 4.75. The van der Waals surface area contributed by atoms with Crippen LogP contribution in [-0.4, -0.2) is 23.2 Å². The number of carbonyl (C=O) groups is 1. The van der Waals surface area contributed by atoms with Crippen LogP contribution in [0.25, 0.3) is 22.2 Å². The van der Waals surface area contributed by atoms with E-state index in [0.29, 0.717) is 0 Å². The molecule has 1 heterocycles. The number of ether oxygens (including phenoxy) is 1. The van der Waals surface area contributed by atoms with Crippen molar-refractivity contribution in [1.82, 2.24) is 10.2 Å². The molecular formula is C16H15N3O2. The van der Waals surface area contributed by atoms with Crippen LogP contribution in [0.15, 0.2) is 42.5 Å². The molecule has 0 saturated carbocycles. The van der Waals surface area contributed by atoms with E-state index < -0.39 is 0 Å². The minimum Gasteiger partial charge on any atom is -0.497 e. The minimum absolute atomic E-state index is 0.0966. The lowest BCUT2D eigenvalue weighted by atomic mass is 10.1. The summed E-state index contributed by atoms with van der Waals surface area (Å²) in [4.78, 5) is 11.2. The smallest absolute Gasteiger partial charge is 0.221 e. The number of hydrogen-bond donors (Lipinski definition) is 2. The molecule has 0 aliphatic carbocycles. The van der Waals surface area contributed by atoms with E-state index in [2.05, 4.69) is 15.5 Å². The van der Waals surface area contributed by atoms with Crippen LogP contribution in [0, 0.1) is 0 Å². The van der Waals surface area contributed by atoms with Gasteiger partial charge in [-0.2, -0.15) is 5.10 Å². The molecular weight excluding hydrogens is 266 g/mol. The highest BCUT2D eigenvalue weighted by Gasteiger charge is 2.10. The third kappa shape index (κ3) is 2.58. The van der Waals surface area contributed by atoms with Crippen LogP contribution < -0.4 is 10.1 Å². The zero-order chi connectivity index (χ0) is 14.8. The predicted molar refractivity (Wildman–Crippen MR) is 82.4 cm³/mol. The van der Waals surface area contributed by atoms with E-state index in [4.69, 9.17) is 4.74 Å². The van der Waals surface area contributed by atoms with Crippen LogP contribution in [0.5, 0.6) is 5.75 Å². The van der Waals surface area contributed by atoms with Crippen LogP contribution in [0.1, 0.15) is 6.92 Å². The average Bonchev–Trinajstić information content (AvgIpc) is 2.89. The Morgan fingerprint density at radius 1 is 1.24 bits per heavy atom. The summed E-state index contributed by atoms with van der Waals surface area (Å²) in [6.45, 7) is 1.49. The van der Waals surface area contributed by atoms with Gasteiger partial charge in [0.15, 0.2) is 0 Å². The molecule has 2 aromatic carbocycles. The monoisotopic (exact) mass is 281 g/mol. The van der Waals surface area contributed by atoms with Crippen LogP contribution in [0.4, 0.5) is 5.69 Å². The van der Waals surface area contributed by atoms with Gasteiger partial charge in [-0.25, -0.2) is 0 Å². The fourth-order valence-electron chi connectivity index (χ4n) is 2.29. The normalized spacial score (nSPS) is 10.6. The molecule has 1 amide bonds. The number of benzene rings is 2. The van der Waals surface area contributed by atoms with Crippen LogP contribution in [-0.2, 0) is 4.79 Å². The quantitative estimate of drug-likeness (QED) is 0.774. The fourth-order valence-corrected chi connectivity index (χ4v) is 2.29. The summed E-state index contributed by atoms with van der Waals surface area (Å²) in [6.07, 6.45) is 0. The minimum atomic E-state index is -0.0966. The molecule has 1 aromatic heterocycles. The van der Waals surface area contributed by atoms with E-state index >= 15 is 0 Å². The molecule has 2 N–H and O–H groups in total. The van der Waals surface area contributed by atoms with Crippen LogP contribution in [0.3, 0.4) is 0 Å². The SMILES string of the molecule is COc1ccc2[nH]nc(-c3cccc(NC(C)=O)c3)c2c1. The maximum atomic E-state index is 11.2. The Balaban J connectivity index is 2.09. The molecule has 106 valence electrons. The van der Waals surface area contributed by atoms with Crippen molar-refractivity contribution in [1.29, 1.82) is 0 Å². The molecule has 0 fully saturated rings. The molecule has 0 atom stereocenters. The van der Waals surface area contributed by atoms with Crippen molar-refractivity contribution in [3.8, 4) is 17.0 Å². The largest absolute Gasteiger partial charge is 0.497 e. The van der Waals surface area contributed by atoms with Gasteiger partial charge in [-0.3, -0.25) is 9.89 Å². The average molecular weight is 281 g/mol. The summed E-state index contributed by atoms with van der Waals surface area (Å²) >= 11 is 0. The number of H-pyrrole nitrogens is 1. The zero-order valence-electron chi connectivity index (χ0n) is 11.8. The third-order valence-electron chi connectivity index (χ3n) is 3.23. The summed E-state index contributed by atoms with van der Waals surface area (Å²) in [5.74, 6) is 0.684. The van der Waals surface area contributed by atoms with Crippen molar-refractivity contribution >= 4 is 22.5 Å². The number of rotatable bonds is 3. The van der Waals surface area contributed by atoms with Gasteiger partial charge in [-0.15, -0.1) is 0 Å². The maximum Gasteiger partial charge on any atom is 0.221 e. The highest BCUT2D eigenvalue weighted by atomic mass is 16.5. The predicted octanol–water partition coefficient (Wildman–Crippen LogP) is 3.20. The molecule has 0 bridgehead atoms. The van der Waals surface area contributed by atoms with Crippen molar-refractivity contribution in [2.75, 3.05) is 12.4 Å². The molecule has 0 saturated heterocycles. The number of hydrogen-bond acceptors (Lipinski definition) is 3. The first kappa shape index (κ1) is 13.2. The second-order valence-electron chi connectivity index (χ2n) is 4.75. The summed E-state index contributed by atoms with van der Waals surface area (Å²) in [7, 11) is 1.64. The van der Waals surface area contributed by atoms with Gasteiger partial charge < -0.3 is 10.1 Å². The Labute approximate surface area is 121 Å². The topological polar surface area (TPSA) is 67.0 Å². The summed E-state index contributed by atoms with van der Waals surface area (Å²) in [5.41, 5.74) is 3.45. The Bertz CT molecular complexity index is 808. The van der Waals surface area contributed by atoms with E-state index in [9.17, 15) is 4.79 Å². The van der Waals surface area contributed by atoms with E-state index in [1.165, 1.54) is 6.92 Å². The molecule has 0 unspecified atom stereocenters. The Kier molecular flexibility index (Phi) is 3.31. The van der Waals surface area contributed by atoms with Crippen molar-refractivity contribution in [3.05, 3.63) is 42.5 Å². The van der Waals surface area contributed by atoms with Gasteiger partial charge in [0.1, 0.15) is 11.4 Å². The van der Waals surface area contributed by atoms with Crippen molar-refractivity contribution < 1.29 is 9.53 Å². The lowest BCUT2D eigenvalue weighted by molar-refractivity contribution is -0.114. The van der Waals surface area contributed by atoms with Crippen LogP contribution >= 0.6 is 0 Å². The second kappa shape index (κ2) is 5.28. The molecule has 21 heavy (non-hydrogen) atoms. The number of nitrogens with one attached hydrogen (secondary N) is 2. The first-order chi connectivity index (χ1) is 10.2. The lowest BCUT2D eigenvalue weighted by Crippen LogP contribution is -2.05. The molecule has 3 rings (SSSR count). The number of aromatic nitrogens is 2. The molecule has 5 heteroatoms. The lowest BCUT2D eigenvalue weighted by Gasteiger charge is -2.05. The highest BCUT2D eigenvalue weighted by Crippen LogP contribution is 2.30. The first-order valence-electron chi connectivity index (χ1n) is 6.57. The molecule has 0 aliphatic rings. The summed E-state index contributed by atoms with van der Waals surface area (Å²) in [6, 6.07) is 13.4. The zero-order valence-corrected chi connectivity index (χ0v) is 11.8. The Morgan fingerprint density at radius 2 is 2.10 bits per heavy atom. The van der Waals surface area contributed by atoms with Crippen LogP contribution in [0.2, 0.25) is 0 Å². The number of methoxy groups -OCH3 is 1. The third-order valence-corrected chi connectivity index (χ3v) is 3.23.